The van der Waals surface area contributed by atoms with E-state index in [-0.39, 0.29) is 19.1 Å². The number of fused-ring (bicyclic) bond motifs is 2. The van der Waals surface area contributed by atoms with E-state index in [9.17, 15) is 4.79 Å². The molecule has 0 aromatic heterocycles. The van der Waals surface area contributed by atoms with Crippen LogP contribution in [0.2, 0.25) is 5.02 Å². The van der Waals surface area contributed by atoms with Crippen molar-refractivity contribution in [3.8, 4) is 11.5 Å². The third-order valence-electron chi connectivity index (χ3n) is 3.77. The van der Waals surface area contributed by atoms with Crippen molar-refractivity contribution < 1.29 is 14.3 Å². The molecular formula is C16H12ClN3O3. The summed E-state index contributed by atoms with van der Waals surface area (Å²) < 4.78 is 10.8. The van der Waals surface area contributed by atoms with Crippen LogP contribution in [0.5, 0.6) is 11.5 Å². The fourth-order valence-corrected chi connectivity index (χ4v) is 2.82. The molecule has 23 heavy (non-hydrogen) atoms. The van der Waals surface area contributed by atoms with Crippen molar-refractivity contribution in [3.05, 3.63) is 52.0 Å². The Morgan fingerprint density at radius 1 is 1.17 bits per heavy atom. The zero-order valence-electron chi connectivity index (χ0n) is 11.9. The Morgan fingerprint density at radius 2 is 1.96 bits per heavy atom. The molecule has 0 radical (unpaired) electrons. The summed E-state index contributed by atoms with van der Waals surface area (Å²) in [5, 5.41) is 4.67. The highest BCUT2D eigenvalue weighted by Gasteiger charge is 2.24. The van der Waals surface area contributed by atoms with E-state index in [0.29, 0.717) is 27.9 Å². The van der Waals surface area contributed by atoms with Crippen LogP contribution in [-0.4, -0.2) is 18.4 Å². The summed E-state index contributed by atoms with van der Waals surface area (Å²) in [7, 11) is 0. The molecule has 116 valence electrons. The summed E-state index contributed by atoms with van der Waals surface area (Å²) in [6.07, 6.45) is 0.210. The summed E-state index contributed by atoms with van der Waals surface area (Å²) in [5.74, 6) is 1.07. The van der Waals surface area contributed by atoms with Gasteiger partial charge in [-0.25, -0.2) is 5.43 Å². The number of nitrogens with two attached hydrogens (primary N) is 1. The second kappa shape index (κ2) is 5.17. The summed E-state index contributed by atoms with van der Waals surface area (Å²) in [4.78, 5) is 11.9. The van der Waals surface area contributed by atoms with Crippen LogP contribution in [-0.2, 0) is 11.2 Å². The van der Waals surface area contributed by atoms with Gasteiger partial charge in [-0.1, -0.05) is 17.7 Å². The van der Waals surface area contributed by atoms with E-state index in [1.807, 2.05) is 18.2 Å². The number of ether oxygens (including phenoxy) is 2. The van der Waals surface area contributed by atoms with E-state index in [1.165, 1.54) is 0 Å². The van der Waals surface area contributed by atoms with E-state index >= 15 is 0 Å². The first-order valence-corrected chi connectivity index (χ1v) is 7.34. The number of benzene rings is 2. The number of anilines is 1. The van der Waals surface area contributed by atoms with Crippen molar-refractivity contribution in [3.63, 3.8) is 0 Å². The van der Waals surface area contributed by atoms with Gasteiger partial charge in [0.2, 0.25) is 12.7 Å². The van der Waals surface area contributed by atoms with Gasteiger partial charge in [0.05, 0.1) is 22.8 Å². The van der Waals surface area contributed by atoms with Crippen molar-refractivity contribution in [2.24, 2.45) is 5.10 Å². The molecule has 0 atom stereocenters. The minimum absolute atomic E-state index is 0.171. The zero-order valence-corrected chi connectivity index (χ0v) is 12.7. The Balaban J connectivity index is 1.90. The van der Waals surface area contributed by atoms with Gasteiger partial charge in [-0.05, 0) is 29.8 Å². The van der Waals surface area contributed by atoms with Gasteiger partial charge < -0.3 is 15.2 Å². The van der Waals surface area contributed by atoms with Gasteiger partial charge in [0.1, 0.15) is 0 Å². The van der Waals surface area contributed by atoms with Crippen molar-refractivity contribution in [2.45, 2.75) is 6.42 Å². The molecule has 2 aromatic carbocycles. The molecule has 6 nitrogen and oxygen atoms in total. The average Bonchev–Trinajstić information content (AvgIpc) is 2.91. The first-order valence-electron chi connectivity index (χ1n) is 6.96. The van der Waals surface area contributed by atoms with Crippen LogP contribution in [0.3, 0.4) is 0 Å². The first-order chi connectivity index (χ1) is 11.1. The lowest BCUT2D eigenvalue weighted by atomic mass is 9.95. The Kier molecular flexibility index (Phi) is 3.12. The minimum Gasteiger partial charge on any atom is -0.454 e. The Morgan fingerprint density at radius 3 is 2.74 bits per heavy atom. The molecule has 0 aliphatic carbocycles. The highest BCUT2D eigenvalue weighted by molar-refractivity contribution is 6.33. The summed E-state index contributed by atoms with van der Waals surface area (Å²) >= 11 is 6.11. The molecule has 4 rings (SSSR count). The van der Waals surface area contributed by atoms with E-state index in [2.05, 4.69) is 10.5 Å². The van der Waals surface area contributed by atoms with Crippen LogP contribution < -0.4 is 20.6 Å². The van der Waals surface area contributed by atoms with Gasteiger partial charge in [0.15, 0.2) is 11.5 Å². The average molecular weight is 330 g/mol. The van der Waals surface area contributed by atoms with Gasteiger partial charge >= 0.3 is 0 Å². The number of rotatable bonds is 1. The van der Waals surface area contributed by atoms with Gasteiger partial charge in [-0.2, -0.15) is 5.10 Å². The maximum Gasteiger partial charge on any atom is 0.244 e. The van der Waals surface area contributed by atoms with Gasteiger partial charge in [0, 0.05) is 11.1 Å². The number of nitrogens with zero attached hydrogens (tertiary/aromatic N) is 1. The molecule has 2 aromatic rings. The lowest BCUT2D eigenvalue weighted by Crippen LogP contribution is -2.18. The number of hydrogen-bond donors (Lipinski definition) is 2. The monoisotopic (exact) mass is 329 g/mol. The van der Waals surface area contributed by atoms with Crippen molar-refractivity contribution in [2.75, 3.05) is 12.5 Å². The number of nitrogens with one attached hydrogen (secondary N) is 1. The third-order valence-corrected chi connectivity index (χ3v) is 4.10. The molecule has 0 spiro atoms. The van der Waals surface area contributed by atoms with Crippen LogP contribution in [0.15, 0.2) is 35.4 Å². The summed E-state index contributed by atoms with van der Waals surface area (Å²) in [6.45, 7) is 0.171. The molecule has 0 bridgehead atoms. The van der Waals surface area contributed by atoms with Gasteiger partial charge in [0.25, 0.3) is 0 Å². The third kappa shape index (κ3) is 2.37. The molecule has 0 fully saturated rings. The highest BCUT2D eigenvalue weighted by Crippen LogP contribution is 2.36. The molecule has 0 unspecified atom stereocenters. The first kappa shape index (κ1) is 13.9. The molecule has 3 N–H and O–H groups in total. The summed E-state index contributed by atoms with van der Waals surface area (Å²) in [6, 6.07) is 8.89. The number of nitrogen functional groups attached to an aromatic ring is 1. The lowest BCUT2D eigenvalue weighted by molar-refractivity contribution is -0.120. The molecule has 7 heteroatoms. The van der Waals surface area contributed by atoms with Crippen LogP contribution >= 0.6 is 11.6 Å². The fourth-order valence-electron chi connectivity index (χ4n) is 2.64. The van der Waals surface area contributed by atoms with Gasteiger partial charge in [-0.3, -0.25) is 4.79 Å². The van der Waals surface area contributed by atoms with Crippen LogP contribution in [0.25, 0.3) is 0 Å². The predicted molar refractivity (Wildman–Crippen MR) is 85.9 cm³/mol. The molecular weight excluding hydrogens is 318 g/mol. The topological polar surface area (TPSA) is 85.9 Å². The Bertz CT molecular complexity index is 864. The smallest absolute Gasteiger partial charge is 0.244 e. The normalized spacial score (nSPS) is 15.5. The maximum absolute atomic E-state index is 11.9. The summed E-state index contributed by atoms with van der Waals surface area (Å²) in [5.41, 5.74) is 11.8. The lowest BCUT2D eigenvalue weighted by Gasteiger charge is -2.11. The second-order valence-corrected chi connectivity index (χ2v) is 5.68. The zero-order chi connectivity index (χ0) is 16.0. The number of amides is 1. The largest absolute Gasteiger partial charge is 0.454 e. The number of carbonyl (C=O) groups is 1. The van der Waals surface area contributed by atoms with Gasteiger partial charge in [-0.15, -0.1) is 0 Å². The molecule has 1 amide bonds. The van der Waals surface area contributed by atoms with Crippen LogP contribution in [0, 0.1) is 0 Å². The van der Waals surface area contributed by atoms with E-state index in [4.69, 9.17) is 26.8 Å². The quantitative estimate of drug-likeness (QED) is 0.784. The standard InChI is InChI=1S/C16H12ClN3O3/c17-11-3-8(1-2-12(11)18)16-10-6-14-13(22-7-23-14)4-9(10)5-15(21)19-20-16/h1-4,6H,5,7,18H2,(H,19,21). The van der Waals surface area contributed by atoms with E-state index in [0.717, 1.165) is 16.7 Å². The number of hydrogen-bond acceptors (Lipinski definition) is 5. The fraction of sp³-hybridized carbons (Fsp3) is 0.125. The Labute approximate surface area is 136 Å². The van der Waals surface area contributed by atoms with Crippen molar-refractivity contribution in [1.29, 1.82) is 0 Å². The van der Waals surface area contributed by atoms with Crippen LogP contribution in [0.4, 0.5) is 5.69 Å². The second-order valence-electron chi connectivity index (χ2n) is 5.27. The molecule has 2 heterocycles. The SMILES string of the molecule is Nc1ccc(C2=NNC(=O)Cc3cc4c(cc32)OCO4)cc1Cl. The van der Waals surface area contributed by atoms with E-state index < -0.39 is 0 Å². The number of hydrazone groups is 1. The molecule has 0 saturated heterocycles. The molecule has 2 aliphatic rings. The van der Waals surface area contributed by atoms with Crippen LogP contribution in [0.1, 0.15) is 16.7 Å². The number of halogens is 1. The van der Waals surface area contributed by atoms with Crippen molar-refractivity contribution in [1.82, 2.24) is 5.43 Å². The Hall–Kier alpha value is -2.73. The van der Waals surface area contributed by atoms with E-state index in [1.54, 1.807) is 12.1 Å². The maximum atomic E-state index is 11.9. The van der Waals surface area contributed by atoms with Crippen molar-refractivity contribution >= 4 is 28.9 Å². The minimum atomic E-state index is -0.193. The predicted octanol–water partition coefficient (Wildman–Crippen LogP) is 2.08. The highest BCUT2D eigenvalue weighted by atomic mass is 35.5. The molecule has 0 saturated carbocycles. The number of carbonyl (C=O) groups excluding carboxylic acids is 1. The molecule has 2 aliphatic heterocycles.